The van der Waals surface area contributed by atoms with Crippen LogP contribution in [0.25, 0.3) is 5.65 Å². The highest BCUT2D eigenvalue weighted by atomic mass is 16.5. The van der Waals surface area contributed by atoms with Crippen LogP contribution >= 0.6 is 0 Å². The number of ether oxygens (including phenoxy) is 1. The summed E-state index contributed by atoms with van der Waals surface area (Å²) in [6, 6.07) is 0. The number of hydrogen-bond donors (Lipinski definition) is 1. The smallest absolute Gasteiger partial charge is 0.199 e. The van der Waals surface area contributed by atoms with Crippen LogP contribution in [0.5, 0.6) is 0 Å². The van der Waals surface area contributed by atoms with Gasteiger partial charge in [0, 0.05) is 19.6 Å². The van der Waals surface area contributed by atoms with Crippen LogP contribution in [-0.2, 0) is 4.74 Å². The second-order valence-electron chi connectivity index (χ2n) is 5.33. The van der Waals surface area contributed by atoms with E-state index in [0.29, 0.717) is 18.7 Å². The molecule has 1 fully saturated rings. The van der Waals surface area contributed by atoms with Gasteiger partial charge in [-0.05, 0) is 24.3 Å². The molecule has 0 aliphatic carbocycles. The van der Waals surface area contributed by atoms with E-state index in [2.05, 4.69) is 39.3 Å². The molecule has 1 aliphatic heterocycles. The largest absolute Gasteiger partial charge is 0.367 e. The maximum Gasteiger partial charge on any atom is 0.199 e. The lowest BCUT2D eigenvalue weighted by Gasteiger charge is -2.43. The van der Waals surface area contributed by atoms with Crippen LogP contribution in [0.1, 0.15) is 13.8 Å². The summed E-state index contributed by atoms with van der Waals surface area (Å²) in [6.07, 6.45) is 3.39. The standard InChI is InChI=1S/C11H17N7O/c1-11(2)7-17(6-8(3-12)19-11)10-5-13-4-9-14-15-16-18(9)10/h4-5,8H,3,6-7,12H2,1-2H3. The van der Waals surface area contributed by atoms with E-state index >= 15 is 0 Å². The Labute approximate surface area is 110 Å². The molecule has 102 valence electrons. The first kappa shape index (κ1) is 12.2. The van der Waals surface area contributed by atoms with Gasteiger partial charge in [-0.2, -0.15) is 4.52 Å². The molecule has 19 heavy (non-hydrogen) atoms. The predicted octanol–water partition coefficient (Wildman–Crippen LogP) is -0.538. The highest BCUT2D eigenvalue weighted by Gasteiger charge is 2.34. The quantitative estimate of drug-likeness (QED) is 0.777. The summed E-state index contributed by atoms with van der Waals surface area (Å²) in [4.78, 5) is 6.35. The fraction of sp³-hybridized carbons (Fsp3) is 0.636. The molecule has 8 nitrogen and oxygen atoms in total. The van der Waals surface area contributed by atoms with Gasteiger partial charge in [0.25, 0.3) is 0 Å². The summed E-state index contributed by atoms with van der Waals surface area (Å²) in [6.45, 7) is 6.04. The highest BCUT2D eigenvalue weighted by molar-refractivity contribution is 5.46. The predicted molar refractivity (Wildman–Crippen MR) is 68.8 cm³/mol. The molecule has 3 heterocycles. The van der Waals surface area contributed by atoms with Gasteiger partial charge in [0.15, 0.2) is 11.5 Å². The molecule has 1 unspecified atom stereocenters. The molecule has 0 saturated carbocycles. The molecule has 0 amide bonds. The van der Waals surface area contributed by atoms with E-state index in [4.69, 9.17) is 10.5 Å². The summed E-state index contributed by atoms with van der Waals surface area (Å²) >= 11 is 0. The minimum atomic E-state index is -0.265. The van der Waals surface area contributed by atoms with Crippen molar-refractivity contribution in [1.29, 1.82) is 0 Å². The molecule has 2 N–H and O–H groups in total. The average Bonchev–Trinajstić information content (AvgIpc) is 2.84. The summed E-state index contributed by atoms with van der Waals surface area (Å²) in [5.41, 5.74) is 6.11. The molecule has 1 saturated heterocycles. The SMILES string of the molecule is CC1(C)CN(c2cncc3nnnn23)CC(CN)O1. The number of aromatic nitrogens is 5. The molecular formula is C11H17N7O. The van der Waals surface area contributed by atoms with Crippen molar-refractivity contribution in [1.82, 2.24) is 25.0 Å². The fourth-order valence-corrected chi connectivity index (χ4v) is 2.47. The molecule has 0 radical (unpaired) electrons. The van der Waals surface area contributed by atoms with Crippen molar-refractivity contribution >= 4 is 11.5 Å². The second kappa shape index (κ2) is 4.39. The zero-order chi connectivity index (χ0) is 13.5. The van der Waals surface area contributed by atoms with Gasteiger partial charge < -0.3 is 15.4 Å². The molecule has 1 aliphatic rings. The van der Waals surface area contributed by atoms with Crippen molar-refractivity contribution < 1.29 is 4.74 Å². The summed E-state index contributed by atoms with van der Waals surface area (Å²) < 4.78 is 7.60. The van der Waals surface area contributed by atoms with Crippen LogP contribution in [0.2, 0.25) is 0 Å². The van der Waals surface area contributed by atoms with E-state index in [1.807, 2.05) is 0 Å². The third-order valence-electron chi connectivity index (χ3n) is 3.16. The minimum absolute atomic E-state index is 0.00418. The number of morpholine rings is 1. The van der Waals surface area contributed by atoms with Crippen LogP contribution in [0.3, 0.4) is 0 Å². The average molecular weight is 263 g/mol. The van der Waals surface area contributed by atoms with Crippen molar-refractivity contribution in [2.45, 2.75) is 25.6 Å². The van der Waals surface area contributed by atoms with E-state index in [-0.39, 0.29) is 11.7 Å². The van der Waals surface area contributed by atoms with Crippen molar-refractivity contribution in [2.75, 3.05) is 24.5 Å². The van der Waals surface area contributed by atoms with Crippen LogP contribution in [-0.4, -0.2) is 56.4 Å². The lowest BCUT2D eigenvalue weighted by molar-refractivity contribution is -0.0791. The zero-order valence-corrected chi connectivity index (χ0v) is 11.0. The molecule has 8 heteroatoms. The topological polar surface area (TPSA) is 94.5 Å². The molecule has 1 atom stereocenters. The van der Waals surface area contributed by atoms with Gasteiger partial charge in [-0.25, -0.2) is 0 Å². The van der Waals surface area contributed by atoms with Gasteiger partial charge in [-0.15, -0.1) is 5.10 Å². The van der Waals surface area contributed by atoms with Crippen molar-refractivity contribution in [3.8, 4) is 0 Å². The Balaban J connectivity index is 1.98. The minimum Gasteiger partial charge on any atom is -0.367 e. The molecule has 2 aromatic rings. The monoisotopic (exact) mass is 263 g/mol. The number of anilines is 1. The molecule has 0 aromatic carbocycles. The molecule has 2 aromatic heterocycles. The third-order valence-corrected chi connectivity index (χ3v) is 3.16. The van der Waals surface area contributed by atoms with Crippen LogP contribution < -0.4 is 10.6 Å². The number of fused-ring (bicyclic) bond motifs is 1. The lowest BCUT2D eigenvalue weighted by Crippen LogP contribution is -2.55. The Bertz CT molecular complexity index is 581. The van der Waals surface area contributed by atoms with Gasteiger partial charge in [-0.3, -0.25) is 4.98 Å². The summed E-state index contributed by atoms with van der Waals surface area (Å²) in [7, 11) is 0. The Kier molecular flexibility index (Phi) is 2.83. The number of tetrazole rings is 1. The molecule has 0 spiro atoms. The Morgan fingerprint density at radius 2 is 2.32 bits per heavy atom. The van der Waals surface area contributed by atoms with E-state index in [1.54, 1.807) is 16.9 Å². The molecule has 3 rings (SSSR count). The first-order valence-electron chi connectivity index (χ1n) is 6.24. The normalized spacial score (nSPS) is 22.9. The van der Waals surface area contributed by atoms with Gasteiger partial charge in [-0.1, -0.05) is 0 Å². The Morgan fingerprint density at radius 1 is 1.47 bits per heavy atom. The lowest BCUT2D eigenvalue weighted by atomic mass is 10.1. The van der Waals surface area contributed by atoms with Gasteiger partial charge in [0.1, 0.15) is 0 Å². The Morgan fingerprint density at radius 3 is 3.11 bits per heavy atom. The number of rotatable bonds is 2. The Hall–Kier alpha value is -1.80. The van der Waals surface area contributed by atoms with Crippen molar-refractivity contribution in [2.24, 2.45) is 5.73 Å². The van der Waals surface area contributed by atoms with E-state index in [1.165, 1.54) is 0 Å². The van der Waals surface area contributed by atoms with E-state index < -0.39 is 0 Å². The first-order chi connectivity index (χ1) is 9.09. The van der Waals surface area contributed by atoms with Gasteiger partial charge >= 0.3 is 0 Å². The molecule has 0 bridgehead atoms. The number of nitrogens with two attached hydrogens (primary N) is 1. The van der Waals surface area contributed by atoms with Gasteiger partial charge in [0.2, 0.25) is 0 Å². The molecular weight excluding hydrogens is 246 g/mol. The zero-order valence-electron chi connectivity index (χ0n) is 11.0. The van der Waals surface area contributed by atoms with E-state index in [0.717, 1.165) is 12.4 Å². The van der Waals surface area contributed by atoms with Crippen LogP contribution in [0, 0.1) is 0 Å². The third kappa shape index (κ3) is 2.24. The van der Waals surface area contributed by atoms with Gasteiger partial charge in [0.05, 0.1) is 24.1 Å². The fourth-order valence-electron chi connectivity index (χ4n) is 2.47. The van der Waals surface area contributed by atoms with Crippen molar-refractivity contribution in [3.63, 3.8) is 0 Å². The highest BCUT2D eigenvalue weighted by Crippen LogP contribution is 2.25. The first-order valence-corrected chi connectivity index (χ1v) is 6.24. The van der Waals surface area contributed by atoms with E-state index in [9.17, 15) is 0 Å². The maximum absolute atomic E-state index is 5.92. The summed E-state index contributed by atoms with van der Waals surface area (Å²) in [5.74, 6) is 0.859. The number of hydrogen-bond acceptors (Lipinski definition) is 7. The van der Waals surface area contributed by atoms with Crippen LogP contribution in [0.15, 0.2) is 12.4 Å². The van der Waals surface area contributed by atoms with Crippen molar-refractivity contribution in [3.05, 3.63) is 12.4 Å². The number of nitrogens with zero attached hydrogens (tertiary/aromatic N) is 6. The maximum atomic E-state index is 5.92. The van der Waals surface area contributed by atoms with Crippen LogP contribution in [0.4, 0.5) is 5.82 Å². The second-order valence-corrected chi connectivity index (χ2v) is 5.33. The summed E-state index contributed by atoms with van der Waals surface area (Å²) in [5, 5.41) is 11.6.